The minimum atomic E-state index is 0.319. The van der Waals surface area contributed by atoms with Crippen molar-refractivity contribution >= 4 is 5.90 Å². The van der Waals surface area contributed by atoms with Crippen molar-refractivity contribution in [1.29, 1.82) is 0 Å². The van der Waals surface area contributed by atoms with Crippen LogP contribution in [0.2, 0.25) is 0 Å². The van der Waals surface area contributed by atoms with Crippen molar-refractivity contribution in [2.24, 2.45) is 10.9 Å². The zero-order valence-corrected chi connectivity index (χ0v) is 9.53. The molecule has 0 saturated carbocycles. The number of aryl methyl sites for hydroxylation is 1. The maximum Gasteiger partial charge on any atom is 0.216 e. The molecule has 2 nitrogen and oxygen atoms in total. The fourth-order valence-corrected chi connectivity index (χ4v) is 1.69. The molecule has 2 rings (SSSR count). The monoisotopic (exact) mass is 203 g/mol. The van der Waals surface area contributed by atoms with Crippen LogP contribution in [-0.2, 0) is 4.74 Å². The molecule has 0 aromatic heterocycles. The molecule has 1 atom stereocenters. The van der Waals surface area contributed by atoms with E-state index >= 15 is 0 Å². The van der Waals surface area contributed by atoms with Crippen LogP contribution in [0.4, 0.5) is 0 Å². The van der Waals surface area contributed by atoms with Gasteiger partial charge in [-0.05, 0) is 24.5 Å². The predicted octanol–water partition coefficient (Wildman–Crippen LogP) is 2.80. The Morgan fingerprint density at radius 3 is 2.67 bits per heavy atom. The molecular weight excluding hydrogens is 186 g/mol. The summed E-state index contributed by atoms with van der Waals surface area (Å²) in [4.78, 5) is 4.61. The Balaban J connectivity index is 2.27. The molecule has 2 heteroatoms. The van der Waals surface area contributed by atoms with Gasteiger partial charge in [0.1, 0.15) is 6.61 Å². The number of hydrogen-bond acceptors (Lipinski definition) is 2. The van der Waals surface area contributed by atoms with Crippen molar-refractivity contribution in [3.8, 4) is 0 Å². The minimum Gasteiger partial charge on any atom is -0.475 e. The highest BCUT2D eigenvalue weighted by atomic mass is 16.5. The van der Waals surface area contributed by atoms with Crippen LogP contribution < -0.4 is 0 Å². The van der Waals surface area contributed by atoms with Gasteiger partial charge < -0.3 is 4.74 Å². The molecule has 0 saturated heterocycles. The lowest BCUT2D eigenvalue weighted by Crippen LogP contribution is -2.13. The summed E-state index contributed by atoms with van der Waals surface area (Å²) in [6, 6.07) is 8.53. The lowest BCUT2D eigenvalue weighted by atomic mass is 10.1. The van der Waals surface area contributed by atoms with Gasteiger partial charge in [0.15, 0.2) is 0 Å². The summed E-state index contributed by atoms with van der Waals surface area (Å²) in [6.07, 6.45) is 0. The van der Waals surface area contributed by atoms with Gasteiger partial charge in [-0.25, -0.2) is 4.99 Å². The van der Waals surface area contributed by atoms with Crippen LogP contribution in [0.5, 0.6) is 0 Å². The van der Waals surface area contributed by atoms with E-state index in [1.807, 2.05) is 12.1 Å². The predicted molar refractivity (Wildman–Crippen MR) is 62.3 cm³/mol. The first-order valence-corrected chi connectivity index (χ1v) is 5.45. The van der Waals surface area contributed by atoms with Crippen LogP contribution in [0.25, 0.3) is 0 Å². The number of nitrogens with zero attached hydrogens (tertiary/aromatic N) is 1. The largest absolute Gasteiger partial charge is 0.475 e. The first-order valence-electron chi connectivity index (χ1n) is 5.45. The molecule has 1 aromatic rings. The quantitative estimate of drug-likeness (QED) is 0.724. The molecule has 0 N–H and O–H groups in total. The van der Waals surface area contributed by atoms with Crippen LogP contribution in [0, 0.1) is 12.8 Å². The summed E-state index contributed by atoms with van der Waals surface area (Å²) < 4.78 is 5.64. The summed E-state index contributed by atoms with van der Waals surface area (Å²) in [5.41, 5.74) is 2.35. The standard InChI is InChI=1S/C13H17NO/c1-9(2)12-8-15-13(14-12)11-7-5-4-6-10(11)3/h4-7,9,12H,8H2,1-3H3/t12-/m0/s1. The Hall–Kier alpha value is -1.31. The Bertz CT molecular complexity index is 382. The van der Waals surface area contributed by atoms with E-state index in [-0.39, 0.29) is 0 Å². The van der Waals surface area contributed by atoms with Gasteiger partial charge in [0.05, 0.1) is 6.04 Å². The lowest BCUT2D eigenvalue weighted by Gasteiger charge is -2.06. The summed E-state index contributed by atoms with van der Waals surface area (Å²) >= 11 is 0. The van der Waals surface area contributed by atoms with Gasteiger partial charge in [0.2, 0.25) is 5.90 Å². The summed E-state index contributed by atoms with van der Waals surface area (Å²) in [6.45, 7) is 7.17. The summed E-state index contributed by atoms with van der Waals surface area (Å²) in [7, 11) is 0. The van der Waals surface area contributed by atoms with Crippen molar-refractivity contribution in [2.75, 3.05) is 6.61 Å². The average molecular weight is 203 g/mol. The van der Waals surface area contributed by atoms with E-state index in [0.717, 1.165) is 18.1 Å². The van der Waals surface area contributed by atoms with E-state index in [4.69, 9.17) is 4.74 Å². The van der Waals surface area contributed by atoms with Gasteiger partial charge in [-0.15, -0.1) is 0 Å². The van der Waals surface area contributed by atoms with Gasteiger partial charge in [-0.2, -0.15) is 0 Å². The number of rotatable bonds is 2. The third-order valence-electron chi connectivity index (χ3n) is 2.82. The van der Waals surface area contributed by atoms with E-state index in [1.54, 1.807) is 0 Å². The van der Waals surface area contributed by atoms with Crippen LogP contribution >= 0.6 is 0 Å². The molecule has 1 aliphatic rings. The molecule has 0 aliphatic carbocycles. The summed E-state index contributed by atoms with van der Waals surface area (Å²) in [5.74, 6) is 1.36. The lowest BCUT2D eigenvalue weighted by molar-refractivity contribution is 0.292. The average Bonchev–Trinajstić information content (AvgIpc) is 2.67. The number of ether oxygens (including phenoxy) is 1. The smallest absolute Gasteiger partial charge is 0.216 e. The van der Waals surface area contributed by atoms with E-state index in [9.17, 15) is 0 Å². The van der Waals surface area contributed by atoms with Crippen LogP contribution in [0.1, 0.15) is 25.0 Å². The van der Waals surface area contributed by atoms with E-state index in [0.29, 0.717) is 12.0 Å². The zero-order valence-electron chi connectivity index (χ0n) is 9.53. The van der Waals surface area contributed by atoms with Gasteiger partial charge in [0.25, 0.3) is 0 Å². The molecule has 0 amide bonds. The molecule has 80 valence electrons. The molecule has 0 fully saturated rings. The molecule has 1 heterocycles. The van der Waals surface area contributed by atoms with Crippen molar-refractivity contribution < 1.29 is 4.74 Å². The Morgan fingerprint density at radius 1 is 1.33 bits per heavy atom. The van der Waals surface area contributed by atoms with Gasteiger partial charge in [0, 0.05) is 5.56 Å². The number of benzene rings is 1. The topological polar surface area (TPSA) is 21.6 Å². The molecule has 1 aliphatic heterocycles. The first kappa shape index (κ1) is 10.2. The molecule has 0 bridgehead atoms. The second-order valence-corrected chi connectivity index (χ2v) is 4.37. The maximum absolute atomic E-state index is 5.64. The highest BCUT2D eigenvalue weighted by Crippen LogP contribution is 2.19. The third kappa shape index (κ3) is 2.04. The van der Waals surface area contributed by atoms with Gasteiger partial charge in [-0.3, -0.25) is 0 Å². The Labute approximate surface area is 91.0 Å². The molecule has 15 heavy (non-hydrogen) atoms. The Morgan fingerprint density at radius 2 is 2.07 bits per heavy atom. The SMILES string of the molecule is Cc1ccccc1C1=N[C@H](C(C)C)CO1. The normalized spacial score (nSPS) is 20.3. The van der Waals surface area contributed by atoms with E-state index in [1.165, 1.54) is 5.56 Å². The fraction of sp³-hybridized carbons (Fsp3) is 0.462. The molecule has 0 unspecified atom stereocenters. The van der Waals surface area contributed by atoms with E-state index in [2.05, 4.69) is 37.9 Å². The van der Waals surface area contributed by atoms with Crippen molar-refractivity contribution in [1.82, 2.24) is 0 Å². The molecule has 0 spiro atoms. The highest BCUT2D eigenvalue weighted by molar-refractivity contribution is 5.96. The highest BCUT2D eigenvalue weighted by Gasteiger charge is 2.23. The van der Waals surface area contributed by atoms with E-state index < -0.39 is 0 Å². The van der Waals surface area contributed by atoms with Gasteiger partial charge in [-0.1, -0.05) is 32.0 Å². The number of aliphatic imine (C=N–C) groups is 1. The second-order valence-electron chi connectivity index (χ2n) is 4.37. The zero-order chi connectivity index (χ0) is 10.8. The molecule has 1 aromatic carbocycles. The van der Waals surface area contributed by atoms with Gasteiger partial charge >= 0.3 is 0 Å². The van der Waals surface area contributed by atoms with Crippen molar-refractivity contribution in [2.45, 2.75) is 26.8 Å². The van der Waals surface area contributed by atoms with Crippen LogP contribution in [0.15, 0.2) is 29.3 Å². The maximum atomic E-state index is 5.64. The van der Waals surface area contributed by atoms with Crippen LogP contribution in [0.3, 0.4) is 0 Å². The van der Waals surface area contributed by atoms with Crippen molar-refractivity contribution in [3.05, 3.63) is 35.4 Å². The third-order valence-corrected chi connectivity index (χ3v) is 2.82. The molecular formula is C13H17NO. The molecule has 0 radical (unpaired) electrons. The second kappa shape index (κ2) is 4.05. The summed E-state index contributed by atoms with van der Waals surface area (Å²) in [5, 5.41) is 0. The fourth-order valence-electron chi connectivity index (χ4n) is 1.69. The Kier molecular flexibility index (Phi) is 2.76. The van der Waals surface area contributed by atoms with Crippen molar-refractivity contribution in [3.63, 3.8) is 0 Å². The van der Waals surface area contributed by atoms with Crippen LogP contribution in [-0.4, -0.2) is 18.5 Å². The minimum absolute atomic E-state index is 0.319. The number of hydrogen-bond donors (Lipinski definition) is 0. The first-order chi connectivity index (χ1) is 7.18.